The number of nitrogens with one attached hydrogen (secondary N) is 2. The summed E-state index contributed by atoms with van der Waals surface area (Å²) in [5, 5.41) is 8.99. The topological polar surface area (TPSA) is 89.1 Å². The predicted molar refractivity (Wildman–Crippen MR) is 59.8 cm³/mol. The number of ether oxygens (including phenoxy) is 2. The lowest BCUT2D eigenvalue weighted by Gasteiger charge is -2.20. The van der Waals surface area contributed by atoms with E-state index in [0.29, 0.717) is 13.2 Å². The quantitative estimate of drug-likeness (QED) is 0.809. The van der Waals surface area contributed by atoms with E-state index in [1.165, 1.54) is 0 Å². The van der Waals surface area contributed by atoms with Crippen LogP contribution in [0.3, 0.4) is 0 Å². The average Bonchev–Trinajstić information content (AvgIpc) is 2.78. The van der Waals surface area contributed by atoms with Crippen LogP contribution in [0.15, 0.2) is 0 Å². The normalized spacial score (nSPS) is 19.9. The first kappa shape index (κ1) is 11.8. The molecule has 0 aliphatic carbocycles. The van der Waals surface area contributed by atoms with Gasteiger partial charge in [-0.05, 0) is 26.2 Å². The van der Waals surface area contributed by atoms with Gasteiger partial charge in [0.25, 0.3) is 5.91 Å². The van der Waals surface area contributed by atoms with Gasteiger partial charge in [0, 0.05) is 6.61 Å². The average molecular weight is 240 g/mol. The summed E-state index contributed by atoms with van der Waals surface area (Å²) in [5.74, 6) is 0.0940. The van der Waals surface area contributed by atoms with Crippen LogP contribution >= 0.6 is 0 Å². The second kappa shape index (κ2) is 5.62. The summed E-state index contributed by atoms with van der Waals surface area (Å²) in [6, 6.07) is 0.229. The van der Waals surface area contributed by atoms with Crippen molar-refractivity contribution in [3.63, 3.8) is 0 Å². The molecule has 1 aromatic rings. The third kappa shape index (κ3) is 3.16. The van der Waals surface area contributed by atoms with Crippen molar-refractivity contribution < 1.29 is 14.3 Å². The van der Waals surface area contributed by atoms with E-state index in [1.807, 2.05) is 6.92 Å². The Kier molecular flexibility index (Phi) is 3.92. The Bertz CT molecular complexity index is 373. The largest absolute Gasteiger partial charge is 0.463 e. The van der Waals surface area contributed by atoms with Crippen molar-refractivity contribution in [2.45, 2.75) is 32.3 Å². The smallest absolute Gasteiger partial charge is 0.337 e. The van der Waals surface area contributed by atoms with Gasteiger partial charge in [-0.2, -0.15) is 4.98 Å². The molecule has 0 radical (unpaired) electrons. The Hall–Kier alpha value is -1.63. The minimum Gasteiger partial charge on any atom is -0.463 e. The fourth-order valence-electron chi connectivity index (χ4n) is 1.64. The predicted octanol–water partition coefficient (Wildman–Crippen LogP) is 0.711. The van der Waals surface area contributed by atoms with E-state index in [2.05, 4.69) is 20.5 Å². The van der Waals surface area contributed by atoms with Gasteiger partial charge in [-0.3, -0.25) is 10.1 Å². The second-order valence-corrected chi connectivity index (χ2v) is 3.74. The molecule has 1 aliphatic rings. The van der Waals surface area contributed by atoms with Gasteiger partial charge >= 0.3 is 6.01 Å². The molecule has 17 heavy (non-hydrogen) atoms. The molecule has 1 amide bonds. The van der Waals surface area contributed by atoms with Crippen molar-refractivity contribution >= 4 is 11.9 Å². The second-order valence-electron chi connectivity index (χ2n) is 3.74. The summed E-state index contributed by atoms with van der Waals surface area (Å²) in [6.07, 6.45) is 2.39. The van der Waals surface area contributed by atoms with Crippen molar-refractivity contribution in [3.8, 4) is 6.01 Å². The zero-order chi connectivity index (χ0) is 12.1. The fraction of sp³-hybridized carbons (Fsp3) is 0.700. The van der Waals surface area contributed by atoms with Crippen LogP contribution in [0.1, 0.15) is 26.2 Å². The number of amides is 1. The number of H-pyrrole nitrogens is 1. The van der Waals surface area contributed by atoms with Crippen LogP contribution < -0.4 is 10.1 Å². The third-order valence-corrected chi connectivity index (χ3v) is 2.45. The van der Waals surface area contributed by atoms with Gasteiger partial charge in [0.2, 0.25) is 5.95 Å². The van der Waals surface area contributed by atoms with Crippen LogP contribution in [0.5, 0.6) is 6.01 Å². The molecule has 0 bridgehead atoms. The Labute approximate surface area is 98.9 Å². The molecule has 1 atom stereocenters. The Morgan fingerprint density at radius 2 is 2.53 bits per heavy atom. The van der Waals surface area contributed by atoms with Gasteiger partial charge in [0.1, 0.15) is 6.10 Å². The highest BCUT2D eigenvalue weighted by Crippen LogP contribution is 2.14. The van der Waals surface area contributed by atoms with Crippen LogP contribution in [0.2, 0.25) is 0 Å². The van der Waals surface area contributed by atoms with Gasteiger partial charge in [-0.15, -0.1) is 5.10 Å². The summed E-state index contributed by atoms with van der Waals surface area (Å²) < 4.78 is 10.4. The first-order chi connectivity index (χ1) is 8.29. The van der Waals surface area contributed by atoms with Crippen LogP contribution in [0.4, 0.5) is 5.95 Å². The highest BCUT2D eigenvalue weighted by atomic mass is 16.5. The summed E-state index contributed by atoms with van der Waals surface area (Å²) in [5.41, 5.74) is 0. The number of hydrogen-bond donors (Lipinski definition) is 2. The number of hydrogen-bond acceptors (Lipinski definition) is 5. The monoisotopic (exact) mass is 240 g/mol. The third-order valence-electron chi connectivity index (χ3n) is 2.45. The first-order valence-electron chi connectivity index (χ1n) is 5.77. The molecule has 7 nitrogen and oxygen atoms in total. The number of aromatic nitrogens is 3. The summed E-state index contributed by atoms with van der Waals surface area (Å²) >= 11 is 0. The summed E-state index contributed by atoms with van der Waals surface area (Å²) in [6.45, 7) is 2.96. The summed E-state index contributed by atoms with van der Waals surface area (Å²) in [7, 11) is 0. The van der Waals surface area contributed by atoms with Crippen molar-refractivity contribution in [2.24, 2.45) is 0 Å². The fourth-order valence-corrected chi connectivity index (χ4v) is 1.64. The lowest BCUT2D eigenvalue weighted by atomic mass is 10.1. The van der Waals surface area contributed by atoms with Crippen LogP contribution in [0, 0.1) is 0 Å². The molecular formula is C10H16N4O3. The molecule has 1 saturated heterocycles. The first-order valence-corrected chi connectivity index (χ1v) is 5.77. The van der Waals surface area contributed by atoms with E-state index in [9.17, 15) is 4.79 Å². The minimum absolute atomic E-state index is 0.191. The molecule has 1 aromatic heterocycles. The molecule has 2 rings (SSSR count). The zero-order valence-electron chi connectivity index (χ0n) is 9.73. The van der Waals surface area contributed by atoms with Gasteiger partial charge in [0.05, 0.1) is 6.61 Å². The minimum atomic E-state index is -0.385. The zero-order valence-corrected chi connectivity index (χ0v) is 9.73. The standard InChI is InChI=1S/C10H16N4O3/c1-2-16-10-12-9(13-14-10)11-8(15)7-5-3-4-6-17-7/h7H,2-6H2,1H3,(H2,11,12,13,14,15). The molecule has 0 spiro atoms. The SMILES string of the molecule is CCOc1n[nH]c(NC(=O)C2CCCCO2)n1. The highest BCUT2D eigenvalue weighted by molar-refractivity contribution is 5.92. The van der Waals surface area contributed by atoms with Crippen molar-refractivity contribution in [3.05, 3.63) is 0 Å². The van der Waals surface area contributed by atoms with E-state index >= 15 is 0 Å². The number of anilines is 1. The molecule has 7 heteroatoms. The van der Waals surface area contributed by atoms with Crippen LogP contribution in [-0.4, -0.2) is 40.4 Å². The van der Waals surface area contributed by atoms with Gasteiger partial charge in [-0.1, -0.05) is 0 Å². The Morgan fingerprint density at radius 1 is 1.65 bits per heavy atom. The van der Waals surface area contributed by atoms with Gasteiger partial charge in [-0.25, -0.2) is 5.10 Å². The lowest BCUT2D eigenvalue weighted by Crippen LogP contribution is -2.33. The maximum atomic E-state index is 11.8. The molecule has 0 saturated carbocycles. The van der Waals surface area contributed by atoms with E-state index in [1.54, 1.807) is 0 Å². The molecule has 2 heterocycles. The van der Waals surface area contributed by atoms with Crippen LogP contribution in [0.25, 0.3) is 0 Å². The molecule has 94 valence electrons. The Morgan fingerprint density at radius 3 is 3.24 bits per heavy atom. The molecule has 1 fully saturated rings. The number of nitrogens with zero attached hydrogens (tertiary/aromatic N) is 2. The van der Waals surface area contributed by atoms with E-state index in [4.69, 9.17) is 9.47 Å². The van der Waals surface area contributed by atoms with Crippen molar-refractivity contribution in [2.75, 3.05) is 18.5 Å². The van der Waals surface area contributed by atoms with Crippen molar-refractivity contribution in [1.29, 1.82) is 0 Å². The molecule has 0 aromatic carbocycles. The molecular weight excluding hydrogens is 224 g/mol. The maximum Gasteiger partial charge on any atom is 0.337 e. The van der Waals surface area contributed by atoms with E-state index in [-0.39, 0.29) is 24.0 Å². The molecule has 1 aliphatic heterocycles. The molecule has 2 N–H and O–H groups in total. The maximum absolute atomic E-state index is 11.8. The molecule has 1 unspecified atom stereocenters. The Balaban J connectivity index is 1.88. The number of aromatic amines is 1. The van der Waals surface area contributed by atoms with E-state index < -0.39 is 0 Å². The van der Waals surface area contributed by atoms with Gasteiger partial charge in [0.15, 0.2) is 0 Å². The van der Waals surface area contributed by atoms with Gasteiger partial charge < -0.3 is 9.47 Å². The van der Waals surface area contributed by atoms with E-state index in [0.717, 1.165) is 19.3 Å². The summed E-state index contributed by atoms with van der Waals surface area (Å²) in [4.78, 5) is 15.7. The van der Waals surface area contributed by atoms with Crippen molar-refractivity contribution in [1.82, 2.24) is 15.2 Å². The lowest BCUT2D eigenvalue weighted by molar-refractivity contribution is -0.130. The number of carbonyl (C=O) groups excluding carboxylic acids is 1. The highest BCUT2D eigenvalue weighted by Gasteiger charge is 2.22. The van der Waals surface area contributed by atoms with Crippen LogP contribution in [-0.2, 0) is 9.53 Å². The number of rotatable bonds is 4. The number of carbonyl (C=O) groups is 1.